The van der Waals surface area contributed by atoms with Crippen LogP contribution in [0.3, 0.4) is 0 Å². The van der Waals surface area contributed by atoms with Gasteiger partial charge in [-0.3, -0.25) is 15.0 Å². The summed E-state index contributed by atoms with van der Waals surface area (Å²) < 4.78 is 27.5. The van der Waals surface area contributed by atoms with Crippen LogP contribution in [0.25, 0.3) is 0 Å². The normalized spacial score (nSPS) is 18.3. The highest BCUT2D eigenvalue weighted by Crippen LogP contribution is 2.29. The van der Waals surface area contributed by atoms with Crippen molar-refractivity contribution in [1.82, 2.24) is 9.21 Å². The molecule has 10 heteroatoms. The first-order valence-corrected chi connectivity index (χ1v) is 10.4. The zero-order chi connectivity index (χ0) is 21.0. The van der Waals surface area contributed by atoms with Crippen LogP contribution in [0.1, 0.15) is 17.2 Å². The van der Waals surface area contributed by atoms with Crippen molar-refractivity contribution in [3.05, 3.63) is 69.8 Å². The molecule has 1 aliphatic rings. The highest BCUT2D eigenvalue weighted by atomic mass is 32.2. The summed E-state index contributed by atoms with van der Waals surface area (Å²) in [7, 11) is -3.83. The van der Waals surface area contributed by atoms with Crippen LogP contribution >= 0.6 is 0 Å². The van der Waals surface area contributed by atoms with E-state index in [2.05, 4.69) is 6.07 Å². The molecule has 0 radical (unpaired) electrons. The van der Waals surface area contributed by atoms with Gasteiger partial charge in [0.25, 0.3) is 5.69 Å². The smallest absolute Gasteiger partial charge is 0.269 e. The number of hydrogen-bond donors (Lipinski definition) is 1. The molecule has 0 amide bonds. The number of aliphatic hydroxyl groups excluding tert-OH is 1. The topological polar surface area (TPSA) is 128 Å². The highest BCUT2D eigenvalue weighted by Gasteiger charge is 2.35. The maximum Gasteiger partial charge on any atom is 0.269 e. The van der Waals surface area contributed by atoms with E-state index in [9.17, 15) is 23.6 Å². The van der Waals surface area contributed by atoms with E-state index in [1.54, 1.807) is 24.3 Å². The Morgan fingerprint density at radius 1 is 1.14 bits per heavy atom. The van der Waals surface area contributed by atoms with E-state index in [1.807, 2.05) is 4.90 Å². The van der Waals surface area contributed by atoms with Crippen LogP contribution in [0, 0.1) is 21.4 Å². The molecule has 1 unspecified atom stereocenters. The Bertz CT molecular complexity index is 1020. The Hall–Kier alpha value is -2.84. The fraction of sp³-hybridized carbons (Fsp3) is 0.316. The van der Waals surface area contributed by atoms with Crippen molar-refractivity contribution in [2.75, 3.05) is 32.8 Å². The van der Waals surface area contributed by atoms with Crippen molar-refractivity contribution in [1.29, 1.82) is 5.26 Å². The highest BCUT2D eigenvalue weighted by molar-refractivity contribution is 7.89. The third-order valence-corrected chi connectivity index (χ3v) is 6.83. The average Bonchev–Trinajstić information content (AvgIpc) is 2.74. The Morgan fingerprint density at radius 3 is 2.34 bits per heavy atom. The summed E-state index contributed by atoms with van der Waals surface area (Å²) in [4.78, 5) is 12.2. The summed E-state index contributed by atoms with van der Waals surface area (Å²) >= 11 is 0. The number of nitro groups is 1. The Labute approximate surface area is 168 Å². The summed E-state index contributed by atoms with van der Waals surface area (Å²) in [5, 5.41) is 29.2. The summed E-state index contributed by atoms with van der Waals surface area (Å²) in [5.74, 6) is 0. The number of sulfonamides is 1. The first-order valence-electron chi connectivity index (χ1n) is 8.96. The minimum atomic E-state index is -3.83. The SMILES string of the molecule is N#Cc1ccc(C2CN(S(=O)(=O)c3ccc([N+](=O)[O-])cc3)CCN2CCO)cc1. The minimum Gasteiger partial charge on any atom is -0.395 e. The van der Waals surface area contributed by atoms with Gasteiger partial charge < -0.3 is 5.11 Å². The molecule has 0 aliphatic carbocycles. The molecule has 2 aromatic carbocycles. The maximum atomic E-state index is 13.1. The van der Waals surface area contributed by atoms with Gasteiger partial charge in [0.2, 0.25) is 10.0 Å². The van der Waals surface area contributed by atoms with Gasteiger partial charge in [0, 0.05) is 44.4 Å². The van der Waals surface area contributed by atoms with Gasteiger partial charge in [-0.05, 0) is 29.8 Å². The quantitative estimate of drug-likeness (QED) is 0.558. The molecule has 0 spiro atoms. The molecule has 9 nitrogen and oxygen atoms in total. The monoisotopic (exact) mass is 416 g/mol. The van der Waals surface area contributed by atoms with Crippen LogP contribution in [-0.4, -0.2) is 60.4 Å². The van der Waals surface area contributed by atoms with Gasteiger partial charge in [0.05, 0.1) is 28.1 Å². The molecule has 152 valence electrons. The van der Waals surface area contributed by atoms with E-state index in [0.717, 1.165) is 5.56 Å². The Kier molecular flexibility index (Phi) is 6.24. The average molecular weight is 416 g/mol. The predicted octanol–water partition coefficient (Wildman–Crippen LogP) is 1.51. The lowest BCUT2D eigenvalue weighted by Crippen LogP contribution is -2.51. The number of nitro benzene ring substituents is 1. The fourth-order valence-corrected chi connectivity index (χ4v) is 4.83. The summed E-state index contributed by atoms with van der Waals surface area (Å²) in [6.07, 6.45) is 0. The van der Waals surface area contributed by atoms with Crippen LogP contribution < -0.4 is 0 Å². The van der Waals surface area contributed by atoms with E-state index >= 15 is 0 Å². The standard InChI is InChI=1S/C19H20N4O5S/c20-13-15-1-3-16(4-2-15)19-14-22(10-9-21(19)11-12-24)29(27,28)18-7-5-17(6-8-18)23(25)26/h1-8,19,24H,9-12,14H2. The van der Waals surface area contributed by atoms with Gasteiger partial charge in [0.1, 0.15) is 0 Å². The van der Waals surface area contributed by atoms with Gasteiger partial charge in [-0.25, -0.2) is 8.42 Å². The number of benzene rings is 2. The molecular weight excluding hydrogens is 396 g/mol. The van der Waals surface area contributed by atoms with E-state index < -0.39 is 14.9 Å². The second-order valence-electron chi connectivity index (χ2n) is 6.62. The number of nitriles is 1. The molecule has 3 rings (SSSR count). The lowest BCUT2D eigenvalue weighted by atomic mass is 10.0. The van der Waals surface area contributed by atoms with Gasteiger partial charge in [0.15, 0.2) is 0 Å². The Morgan fingerprint density at radius 2 is 1.79 bits per heavy atom. The van der Waals surface area contributed by atoms with Crippen molar-refractivity contribution in [3.63, 3.8) is 0 Å². The van der Waals surface area contributed by atoms with Crippen molar-refractivity contribution in [2.45, 2.75) is 10.9 Å². The first kappa shape index (κ1) is 20.9. The predicted molar refractivity (Wildman–Crippen MR) is 104 cm³/mol. The molecule has 29 heavy (non-hydrogen) atoms. The largest absolute Gasteiger partial charge is 0.395 e. The van der Waals surface area contributed by atoms with Crippen LogP contribution in [-0.2, 0) is 10.0 Å². The molecule has 1 heterocycles. The number of aliphatic hydroxyl groups is 1. The first-order chi connectivity index (χ1) is 13.9. The number of nitrogens with zero attached hydrogens (tertiary/aromatic N) is 4. The molecule has 2 aromatic rings. The maximum absolute atomic E-state index is 13.1. The van der Waals surface area contributed by atoms with Gasteiger partial charge in [-0.2, -0.15) is 9.57 Å². The summed E-state index contributed by atoms with van der Waals surface area (Å²) in [5.41, 5.74) is 1.18. The molecule has 0 saturated carbocycles. The van der Waals surface area contributed by atoms with Crippen LogP contribution in [0.15, 0.2) is 53.4 Å². The molecule has 1 N–H and O–H groups in total. The fourth-order valence-electron chi connectivity index (χ4n) is 3.39. The van der Waals surface area contributed by atoms with Crippen molar-refractivity contribution >= 4 is 15.7 Å². The number of β-amino-alcohol motifs (C(OH)–C–C–N with tert-alkyl or cyclic N) is 1. The minimum absolute atomic E-state index is 0.00251. The van der Waals surface area contributed by atoms with Crippen molar-refractivity contribution in [3.8, 4) is 6.07 Å². The third kappa shape index (κ3) is 4.44. The lowest BCUT2D eigenvalue weighted by molar-refractivity contribution is -0.384. The van der Waals surface area contributed by atoms with E-state index in [0.29, 0.717) is 18.7 Å². The molecule has 1 saturated heterocycles. The number of non-ortho nitro benzene ring substituents is 1. The van der Waals surface area contributed by atoms with E-state index in [1.165, 1.54) is 28.6 Å². The van der Waals surface area contributed by atoms with Gasteiger partial charge >= 0.3 is 0 Å². The van der Waals surface area contributed by atoms with E-state index in [4.69, 9.17) is 5.26 Å². The lowest BCUT2D eigenvalue weighted by Gasteiger charge is -2.40. The number of piperazine rings is 1. The molecular formula is C19H20N4O5S. The number of rotatable bonds is 6. The van der Waals surface area contributed by atoms with Crippen LogP contribution in [0.2, 0.25) is 0 Å². The molecule has 0 bridgehead atoms. The summed E-state index contributed by atoms with van der Waals surface area (Å²) in [6.45, 7) is 1.19. The molecule has 1 atom stereocenters. The van der Waals surface area contributed by atoms with Crippen LogP contribution in [0.5, 0.6) is 0 Å². The van der Waals surface area contributed by atoms with Crippen molar-refractivity contribution < 1.29 is 18.4 Å². The second kappa shape index (κ2) is 8.67. The van der Waals surface area contributed by atoms with Crippen LogP contribution in [0.4, 0.5) is 5.69 Å². The molecule has 1 fully saturated rings. The molecule has 1 aliphatic heterocycles. The summed E-state index contributed by atoms with van der Waals surface area (Å²) in [6, 6.07) is 13.5. The number of hydrogen-bond acceptors (Lipinski definition) is 7. The second-order valence-corrected chi connectivity index (χ2v) is 8.56. The van der Waals surface area contributed by atoms with Crippen molar-refractivity contribution in [2.24, 2.45) is 0 Å². The molecule has 0 aromatic heterocycles. The van der Waals surface area contributed by atoms with Gasteiger partial charge in [-0.1, -0.05) is 12.1 Å². The Balaban J connectivity index is 1.88. The third-order valence-electron chi connectivity index (χ3n) is 4.95. The zero-order valence-corrected chi connectivity index (χ0v) is 16.3. The van der Waals surface area contributed by atoms with Gasteiger partial charge in [-0.15, -0.1) is 0 Å². The zero-order valence-electron chi connectivity index (χ0n) is 15.5. The van der Waals surface area contributed by atoms with E-state index in [-0.39, 0.29) is 36.3 Å².